The zero-order valence-electron chi connectivity index (χ0n) is 9.91. The Morgan fingerprint density at radius 2 is 2.39 bits per heavy atom. The topological polar surface area (TPSA) is 66.6 Å². The summed E-state index contributed by atoms with van der Waals surface area (Å²) in [5, 5.41) is 12.5. The summed E-state index contributed by atoms with van der Waals surface area (Å²) >= 11 is 0. The molecule has 0 saturated carbocycles. The van der Waals surface area contributed by atoms with Gasteiger partial charge in [-0.25, -0.2) is 4.98 Å². The van der Waals surface area contributed by atoms with Crippen molar-refractivity contribution in [1.82, 2.24) is 14.7 Å². The van der Waals surface area contributed by atoms with E-state index in [-0.39, 0.29) is 12.0 Å². The Hall–Kier alpha value is -1.88. The van der Waals surface area contributed by atoms with E-state index < -0.39 is 5.97 Å². The van der Waals surface area contributed by atoms with E-state index in [1.807, 2.05) is 28.9 Å². The molecular formula is C13H15N3O2. The highest BCUT2D eigenvalue weighted by Crippen LogP contribution is 2.27. The summed E-state index contributed by atoms with van der Waals surface area (Å²) < 4.78 is 1.95. The second-order valence-electron chi connectivity index (χ2n) is 4.72. The SMILES string of the molecule is O=C(O)C1CCNC(c2ccn3ccnc3c2)C1. The number of piperidine rings is 1. The molecule has 3 heterocycles. The summed E-state index contributed by atoms with van der Waals surface area (Å²) in [5.74, 6) is -0.935. The van der Waals surface area contributed by atoms with Gasteiger partial charge in [0.2, 0.25) is 0 Å². The van der Waals surface area contributed by atoms with Crippen LogP contribution in [0.4, 0.5) is 0 Å². The molecular weight excluding hydrogens is 230 g/mol. The second-order valence-corrected chi connectivity index (χ2v) is 4.72. The number of fused-ring (bicyclic) bond motifs is 1. The fraction of sp³-hybridized carbons (Fsp3) is 0.385. The maximum atomic E-state index is 11.1. The Balaban J connectivity index is 1.86. The van der Waals surface area contributed by atoms with Crippen molar-refractivity contribution in [3.8, 4) is 0 Å². The molecule has 2 N–H and O–H groups in total. The third-order valence-corrected chi connectivity index (χ3v) is 3.58. The maximum Gasteiger partial charge on any atom is 0.306 e. The highest BCUT2D eigenvalue weighted by molar-refractivity contribution is 5.70. The summed E-state index contributed by atoms with van der Waals surface area (Å²) in [6.07, 6.45) is 6.97. The highest BCUT2D eigenvalue weighted by atomic mass is 16.4. The maximum absolute atomic E-state index is 11.1. The minimum atomic E-state index is -0.691. The number of aliphatic carboxylic acids is 1. The molecule has 3 rings (SSSR count). The zero-order chi connectivity index (χ0) is 12.5. The van der Waals surface area contributed by atoms with Gasteiger partial charge in [-0.2, -0.15) is 0 Å². The first-order chi connectivity index (χ1) is 8.74. The minimum Gasteiger partial charge on any atom is -0.481 e. The van der Waals surface area contributed by atoms with Crippen LogP contribution in [0.3, 0.4) is 0 Å². The number of hydrogen-bond acceptors (Lipinski definition) is 3. The van der Waals surface area contributed by atoms with Crippen LogP contribution in [0.25, 0.3) is 5.65 Å². The van der Waals surface area contributed by atoms with Gasteiger partial charge < -0.3 is 14.8 Å². The molecule has 0 aromatic carbocycles. The Kier molecular flexibility index (Phi) is 2.76. The number of imidazole rings is 1. The number of hydrogen-bond donors (Lipinski definition) is 2. The van der Waals surface area contributed by atoms with Crippen LogP contribution in [-0.4, -0.2) is 27.0 Å². The summed E-state index contributed by atoms with van der Waals surface area (Å²) in [7, 11) is 0. The van der Waals surface area contributed by atoms with Crippen LogP contribution in [-0.2, 0) is 4.79 Å². The zero-order valence-corrected chi connectivity index (χ0v) is 9.91. The number of carboxylic acid groups (broad SMARTS) is 1. The molecule has 2 atom stereocenters. The number of rotatable bonds is 2. The smallest absolute Gasteiger partial charge is 0.306 e. The third-order valence-electron chi connectivity index (χ3n) is 3.58. The molecule has 0 aliphatic carbocycles. The molecule has 94 valence electrons. The van der Waals surface area contributed by atoms with Gasteiger partial charge in [-0.1, -0.05) is 0 Å². The van der Waals surface area contributed by atoms with Crippen molar-refractivity contribution in [3.05, 3.63) is 36.3 Å². The highest BCUT2D eigenvalue weighted by Gasteiger charge is 2.27. The van der Waals surface area contributed by atoms with E-state index in [0.717, 1.165) is 17.8 Å². The average molecular weight is 245 g/mol. The molecule has 1 saturated heterocycles. The molecule has 0 radical (unpaired) electrons. The van der Waals surface area contributed by atoms with Crippen LogP contribution >= 0.6 is 0 Å². The average Bonchev–Trinajstić information content (AvgIpc) is 2.86. The fourth-order valence-electron chi connectivity index (χ4n) is 2.54. The Morgan fingerprint density at radius 3 is 3.22 bits per heavy atom. The van der Waals surface area contributed by atoms with Crippen molar-refractivity contribution < 1.29 is 9.90 Å². The number of nitrogens with one attached hydrogen (secondary N) is 1. The van der Waals surface area contributed by atoms with Crippen LogP contribution in [0.15, 0.2) is 30.7 Å². The van der Waals surface area contributed by atoms with Gasteiger partial charge in [0.15, 0.2) is 0 Å². The summed E-state index contributed by atoms with van der Waals surface area (Å²) in [6, 6.07) is 4.15. The van der Waals surface area contributed by atoms with Crippen LogP contribution in [0.1, 0.15) is 24.4 Å². The van der Waals surface area contributed by atoms with Crippen LogP contribution in [0.2, 0.25) is 0 Å². The molecule has 0 spiro atoms. The lowest BCUT2D eigenvalue weighted by molar-refractivity contribution is -0.143. The van der Waals surface area contributed by atoms with Gasteiger partial charge in [0.05, 0.1) is 5.92 Å². The van der Waals surface area contributed by atoms with Crippen LogP contribution in [0.5, 0.6) is 0 Å². The van der Waals surface area contributed by atoms with Gasteiger partial charge in [-0.15, -0.1) is 0 Å². The van der Waals surface area contributed by atoms with Gasteiger partial charge in [0.1, 0.15) is 5.65 Å². The van der Waals surface area contributed by atoms with Crippen molar-refractivity contribution in [2.24, 2.45) is 5.92 Å². The Morgan fingerprint density at radius 1 is 1.50 bits per heavy atom. The van der Waals surface area contributed by atoms with E-state index in [2.05, 4.69) is 10.3 Å². The first kappa shape index (κ1) is 11.2. The molecule has 2 aromatic heterocycles. The lowest BCUT2D eigenvalue weighted by Crippen LogP contribution is -2.34. The first-order valence-corrected chi connectivity index (χ1v) is 6.13. The number of aromatic nitrogens is 2. The Bertz CT molecular complexity index is 578. The summed E-state index contributed by atoms with van der Waals surface area (Å²) in [5.41, 5.74) is 2.01. The standard InChI is InChI=1S/C13H15N3O2/c17-13(18)10-1-3-14-11(7-10)9-2-5-16-6-4-15-12(16)8-9/h2,4-6,8,10-11,14H,1,3,7H2,(H,17,18). The van der Waals surface area contributed by atoms with E-state index >= 15 is 0 Å². The van der Waals surface area contributed by atoms with E-state index in [1.54, 1.807) is 6.20 Å². The molecule has 1 aliphatic heterocycles. The van der Waals surface area contributed by atoms with Crippen molar-refractivity contribution in [2.45, 2.75) is 18.9 Å². The van der Waals surface area contributed by atoms with E-state index in [4.69, 9.17) is 5.11 Å². The fourth-order valence-corrected chi connectivity index (χ4v) is 2.54. The van der Waals surface area contributed by atoms with Crippen molar-refractivity contribution in [1.29, 1.82) is 0 Å². The number of carbonyl (C=O) groups is 1. The molecule has 0 bridgehead atoms. The predicted molar refractivity (Wildman–Crippen MR) is 66.3 cm³/mol. The molecule has 0 amide bonds. The van der Waals surface area contributed by atoms with Gasteiger partial charge in [-0.3, -0.25) is 4.79 Å². The monoisotopic (exact) mass is 245 g/mol. The van der Waals surface area contributed by atoms with Crippen molar-refractivity contribution in [3.63, 3.8) is 0 Å². The van der Waals surface area contributed by atoms with Crippen LogP contribution < -0.4 is 5.32 Å². The predicted octanol–water partition coefficient (Wildman–Crippen LogP) is 1.46. The molecule has 5 nitrogen and oxygen atoms in total. The van der Waals surface area contributed by atoms with E-state index in [9.17, 15) is 4.79 Å². The van der Waals surface area contributed by atoms with E-state index in [1.165, 1.54) is 0 Å². The van der Waals surface area contributed by atoms with Gasteiger partial charge >= 0.3 is 5.97 Å². The number of pyridine rings is 1. The van der Waals surface area contributed by atoms with Crippen LogP contribution in [0, 0.1) is 5.92 Å². The second kappa shape index (κ2) is 4.42. The molecule has 5 heteroatoms. The third kappa shape index (κ3) is 1.97. The van der Waals surface area contributed by atoms with Gasteiger partial charge in [0, 0.05) is 24.6 Å². The molecule has 2 unspecified atom stereocenters. The summed E-state index contributed by atoms with van der Waals surface area (Å²) in [4.78, 5) is 15.3. The van der Waals surface area contributed by atoms with E-state index in [0.29, 0.717) is 12.8 Å². The van der Waals surface area contributed by atoms with Crippen molar-refractivity contribution in [2.75, 3.05) is 6.54 Å². The van der Waals surface area contributed by atoms with Gasteiger partial charge in [-0.05, 0) is 37.1 Å². The molecule has 2 aromatic rings. The quantitative estimate of drug-likeness (QED) is 0.840. The number of carboxylic acids is 1. The first-order valence-electron chi connectivity index (χ1n) is 6.13. The number of nitrogens with zero attached hydrogens (tertiary/aromatic N) is 2. The largest absolute Gasteiger partial charge is 0.481 e. The summed E-state index contributed by atoms with van der Waals surface area (Å²) in [6.45, 7) is 0.751. The normalized spacial score (nSPS) is 24.2. The van der Waals surface area contributed by atoms with Gasteiger partial charge in [0.25, 0.3) is 0 Å². The van der Waals surface area contributed by atoms with Crippen molar-refractivity contribution >= 4 is 11.6 Å². The molecule has 1 aliphatic rings. The minimum absolute atomic E-state index is 0.113. The molecule has 1 fully saturated rings. The lowest BCUT2D eigenvalue weighted by atomic mass is 9.89. The lowest BCUT2D eigenvalue weighted by Gasteiger charge is -2.28. The Labute approximate surface area is 104 Å². The molecule has 18 heavy (non-hydrogen) atoms.